The summed E-state index contributed by atoms with van der Waals surface area (Å²) in [4.78, 5) is 12.0. The molecule has 2 N–H and O–H groups in total. The first kappa shape index (κ1) is 13.6. The fourth-order valence-electron chi connectivity index (χ4n) is 2.09. The Hall–Kier alpha value is -2.40. The zero-order chi connectivity index (χ0) is 14.7. The molecule has 21 heavy (non-hydrogen) atoms. The molecule has 1 aromatic carbocycles. The van der Waals surface area contributed by atoms with Crippen LogP contribution in [0.15, 0.2) is 47.3 Å². The Kier molecular flexibility index (Phi) is 3.83. The van der Waals surface area contributed by atoms with E-state index in [-0.39, 0.29) is 5.91 Å². The summed E-state index contributed by atoms with van der Waals surface area (Å²) in [6.07, 6.45) is 1.73. The zero-order valence-corrected chi connectivity index (χ0v) is 12.4. The maximum Gasteiger partial charge on any atom is 0.252 e. The fourth-order valence-corrected chi connectivity index (χ4v) is 2.92. The molecule has 106 valence electrons. The van der Waals surface area contributed by atoms with Crippen LogP contribution in [0.2, 0.25) is 0 Å². The third-order valence-electron chi connectivity index (χ3n) is 3.32. The lowest BCUT2D eigenvalue weighted by atomic mass is 10.1. The lowest BCUT2D eigenvalue weighted by molar-refractivity contribution is 0.0951. The molecule has 0 fully saturated rings. The second-order valence-electron chi connectivity index (χ2n) is 4.82. The fraction of sp³-hybridized carbons (Fsp3) is 0.125. The van der Waals surface area contributed by atoms with Crippen LogP contribution < -0.4 is 5.32 Å². The summed E-state index contributed by atoms with van der Waals surface area (Å²) in [7, 11) is 0. The molecule has 0 unspecified atom stereocenters. The molecule has 4 nitrogen and oxygen atoms in total. The molecule has 0 saturated heterocycles. The number of rotatable bonds is 4. The number of carbonyl (C=O) groups is 1. The Bertz CT molecular complexity index is 729. The number of carbonyl (C=O) groups excluding carboxylic acids is 1. The summed E-state index contributed by atoms with van der Waals surface area (Å²) in [6.45, 7) is 2.47. The molecular formula is C16H15N3OS. The van der Waals surface area contributed by atoms with Crippen molar-refractivity contribution in [2.75, 3.05) is 0 Å². The first-order valence-electron chi connectivity index (χ1n) is 6.64. The van der Waals surface area contributed by atoms with Crippen molar-refractivity contribution in [2.24, 2.45) is 0 Å². The lowest BCUT2D eigenvalue weighted by Crippen LogP contribution is -2.22. The van der Waals surface area contributed by atoms with Crippen molar-refractivity contribution < 1.29 is 4.79 Å². The van der Waals surface area contributed by atoms with E-state index >= 15 is 0 Å². The van der Waals surface area contributed by atoms with Crippen LogP contribution >= 0.6 is 11.3 Å². The van der Waals surface area contributed by atoms with Gasteiger partial charge in [0.25, 0.3) is 5.91 Å². The molecule has 0 atom stereocenters. The number of aromatic amines is 1. The van der Waals surface area contributed by atoms with Crippen LogP contribution in [-0.2, 0) is 6.54 Å². The van der Waals surface area contributed by atoms with Gasteiger partial charge >= 0.3 is 0 Å². The van der Waals surface area contributed by atoms with E-state index in [1.165, 1.54) is 0 Å². The first-order chi connectivity index (χ1) is 10.2. The number of hydrogen-bond donors (Lipinski definition) is 2. The summed E-state index contributed by atoms with van der Waals surface area (Å²) in [5, 5.41) is 13.7. The van der Waals surface area contributed by atoms with Gasteiger partial charge in [-0.15, -0.1) is 0 Å². The molecule has 0 radical (unpaired) electrons. The molecule has 0 spiro atoms. The van der Waals surface area contributed by atoms with Crippen LogP contribution in [0.5, 0.6) is 0 Å². The molecule has 0 aliphatic carbocycles. The predicted octanol–water partition coefficient (Wildman–Crippen LogP) is 3.38. The number of H-pyrrole nitrogens is 1. The number of hydrogen-bond acceptors (Lipinski definition) is 3. The summed E-state index contributed by atoms with van der Waals surface area (Å²) < 4.78 is 0. The molecule has 0 aliphatic heterocycles. The third-order valence-corrected chi connectivity index (χ3v) is 4.18. The second-order valence-corrected chi connectivity index (χ2v) is 5.56. The van der Waals surface area contributed by atoms with Gasteiger partial charge < -0.3 is 5.32 Å². The van der Waals surface area contributed by atoms with E-state index in [0.29, 0.717) is 6.54 Å². The smallest absolute Gasteiger partial charge is 0.252 e. The molecule has 0 bridgehead atoms. The number of nitrogens with one attached hydrogen (secondary N) is 2. The van der Waals surface area contributed by atoms with Crippen LogP contribution in [-0.4, -0.2) is 16.1 Å². The Morgan fingerprint density at radius 3 is 2.67 bits per heavy atom. The second kappa shape index (κ2) is 5.93. The molecule has 3 rings (SSSR count). The third kappa shape index (κ3) is 3.03. The van der Waals surface area contributed by atoms with Crippen molar-refractivity contribution in [3.05, 3.63) is 64.0 Å². The van der Waals surface area contributed by atoms with Gasteiger partial charge in [0.05, 0.1) is 11.3 Å². The number of amides is 1. The van der Waals surface area contributed by atoms with Gasteiger partial charge in [-0.05, 0) is 35.1 Å². The highest BCUT2D eigenvalue weighted by molar-refractivity contribution is 7.08. The molecule has 0 saturated carbocycles. The zero-order valence-electron chi connectivity index (χ0n) is 11.6. The van der Waals surface area contributed by atoms with E-state index in [1.54, 1.807) is 17.5 Å². The van der Waals surface area contributed by atoms with Gasteiger partial charge in [-0.2, -0.15) is 16.4 Å². The minimum atomic E-state index is -0.0219. The topological polar surface area (TPSA) is 57.8 Å². The summed E-state index contributed by atoms with van der Waals surface area (Å²) >= 11 is 1.55. The quantitative estimate of drug-likeness (QED) is 0.775. The van der Waals surface area contributed by atoms with Crippen LogP contribution in [0.1, 0.15) is 21.5 Å². The number of nitrogens with zero attached hydrogens (tertiary/aromatic N) is 1. The molecule has 1 amide bonds. The van der Waals surface area contributed by atoms with Gasteiger partial charge in [0.2, 0.25) is 0 Å². The van der Waals surface area contributed by atoms with Gasteiger partial charge in [0, 0.05) is 18.1 Å². The van der Waals surface area contributed by atoms with Crippen LogP contribution in [0.3, 0.4) is 0 Å². The summed E-state index contributed by atoms with van der Waals surface area (Å²) in [6, 6.07) is 9.99. The Morgan fingerprint density at radius 1 is 1.24 bits per heavy atom. The monoisotopic (exact) mass is 297 g/mol. The first-order valence-corrected chi connectivity index (χ1v) is 7.58. The average molecular weight is 297 g/mol. The highest BCUT2D eigenvalue weighted by atomic mass is 32.1. The average Bonchev–Trinajstić information content (AvgIpc) is 3.16. The minimum Gasteiger partial charge on any atom is -0.348 e. The van der Waals surface area contributed by atoms with Crippen molar-refractivity contribution in [1.29, 1.82) is 0 Å². The largest absolute Gasteiger partial charge is 0.348 e. The molecule has 5 heteroatoms. The van der Waals surface area contributed by atoms with Gasteiger partial charge in [-0.1, -0.05) is 24.3 Å². The van der Waals surface area contributed by atoms with E-state index in [0.717, 1.165) is 27.9 Å². The predicted molar refractivity (Wildman–Crippen MR) is 84.2 cm³/mol. The number of aromatic nitrogens is 2. The highest BCUT2D eigenvalue weighted by Crippen LogP contribution is 2.17. The van der Waals surface area contributed by atoms with Crippen molar-refractivity contribution >= 4 is 17.2 Å². The van der Waals surface area contributed by atoms with E-state index in [2.05, 4.69) is 15.5 Å². The van der Waals surface area contributed by atoms with Crippen LogP contribution in [0.25, 0.3) is 11.3 Å². The van der Waals surface area contributed by atoms with Crippen molar-refractivity contribution in [2.45, 2.75) is 13.5 Å². The molecule has 0 aliphatic rings. The van der Waals surface area contributed by atoms with Crippen molar-refractivity contribution in [3.63, 3.8) is 0 Å². The van der Waals surface area contributed by atoms with E-state index in [1.807, 2.05) is 48.0 Å². The standard InChI is InChI=1S/C16H15N3OS/c1-11-9-21-10-14(11)16(20)17-8-12-2-4-13(5-3-12)15-6-7-18-19-15/h2-7,9-10H,8H2,1H3,(H,17,20)(H,18,19). The molecule has 3 aromatic rings. The maximum atomic E-state index is 12.0. The van der Waals surface area contributed by atoms with Crippen molar-refractivity contribution in [1.82, 2.24) is 15.5 Å². The van der Waals surface area contributed by atoms with Crippen LogP contribution in [0.4, 0.5) is 0 Å². The number of aryl methyl sites for hydroxylation is 1. The maximum absolute atomic E-state index is 12.0. The Morgan fingerprint density at radius 2 is 2.05 bits per heavy atom. The Balaban J connectivity index is 1.64. The van der Waals surface area contributed by atoms with E-state index < -0.39 is 0 Å². The minimum absolute atomic E-state index is 0.0219. The lowest BCUT2D eigenvalue weighted by Gasteiger charge is -2.06. The highest BCUT2D eigenvalue weighted by Gasteiger charge is 2.09. The number of thiophene rings is 1. The SMILES string of the molecule is Cc1cscc1C(=O)NCc1ccc(-c2ccn[nH]2)cc1. The van der Waals surface area contributed by atoms with Gasteiger partial charge in [-0.3, -0.25) is 9.89 Å². The van der Waals surface area contributed by atoms with E-state index in [9.17, 15) is 4.79 Å². The van der Waals surface area contributed by atoms with Gasteiger partial charge in [-0.25, -0.2) is 0 Å². The normalized spacial score (nSPS) is 10.5. The summed E-state index contributed by atoms with van der Waals surface area (Å²) in [5.41, 5.74) is 4.91. The Labute approximate surface area is 126 Å². The van der Waals surface area contributed by atoms with E-state index in [4.69, 9.17) is 0 Å². The molecule has 2 heterocycles. The van der Waals surface area contributed by atoms with Crippen molar-refractivity contribution in [3.8, 4) is 11.3 Å². The number of benzene rings is 1. The summed E-state index contributed by atoms with van der Waals surface area (Å²) in [5.74, 6) is -0.0219. The molecule has 2 aromatic heterocycles. The molecular weight excluding hydrogens is 282 g/mol. The van der Waals surface area contributed by atoms with Gasteiger partial charge in [0.15, 0.2) is 0 Å². The van der Waals surface area contributed by atoms with Gasteiger partial charge in [0.1, 0.15) is 0 Å². The van der Waals surface area contributed by atoms with Crippen LogP contribution in [0, 0.1) is 6.92 Å².